The fourth-order valence-corrected chi connectivity index (χ4v) is 3.64. The van der Waals surface area contributed by atoms with E-state index in [0.717, 1.165) is 23.9 Å². The van der Waals surface area contributed by atoms with Crippen molar-refractivity contribution in [3.8, 4) is 0 Å². The van der Waals surface area contributed by atoms with Gasteiger partial charge in [0.2, 0.25) is 0 Å². The van der Waals surface area contributed by atoms with Gasteiger partial charge in [-0.1, -0.05) is 37.6 Å². The number of hydrogen-bond acceptors (Lipinski definition) is 2. The summed E-state index contributed by atoms with van der Waals surface area (Å²) in [4.78, 5) is 2.58. The van der Waals surface area contributed by atoms with E-state index in [0.29, 0.717) is 6.04 Å². The van der Waals surface area contributed by atoms with Crippen molar-refractivity contribution >= 4 is 11.6 Å². The molecule has 2 N–H and O–H groups in total. The van der Waals surface area contributed by atoms with E-state index in [1.54, 1.807) is 0 Å². The number of hydrogen-bond donors (Lipinski definition) is 1. The average molecular weight is 295 g/mol. The van der Waals surface area contributed by atoms with E-state index in [4.69, 9.17) is 17.3 Å². The van der Waals surface area contributed by atoms with E-state index < -0.39 is 0 Å². The van der Waals surface area contributed by atoms with E-state index in [2.05, 4.69) is 37.8 Å². The molecule has 20 heavy (non-hydrogen) atoms. The summed E-state index contributed by atoms with van der Waals surface area (Å²) >= 11 is 6.18. The molecule has 3 heteroatoms. The Morgan fingerprint density at radius 1 is 1.40 bits per heavy atom. The van der Waals surface area contributed by atoms with Crippen molar-refractivity contribution in [2.45, 2.75) is 58.2 Å². The Morgan fingerprint density at radius 2 is 2.15 bits per heavy atom. The van der Waals surface area contributed by atoms with Crippen molar-refractivity contribution in [2.75, 3.05) is 6.54 Å². The fourth-order valence-electron chi connectivity index (χ4n) is 3.44. The molecule has 0 spiro atoms. The highest BCUT2D eigenvalue weighted by Gasteiger charge is 2.32. The van der Waals surface area contributed by atoms with E-state index in [9.17, 15) is 0 Å². The Morgan fingerprint density at radius 3 is 2.75 bits per heavy atom. The Labute approximate surface area is 128 Å². The molecule has 1 aromatic rings. The van der Waals surface area contributed by atoms with Crippen molar-refractivity contribution < 1.29 is 0 Å². The van der Waals surface area contributed by atoms with Crippen LogP contribution in [0.4, 0.5) is 0 Å². The van der Waals surface area contributed by atoms with E-state index in [1.807, 2.05) is 12.1 Å². The molecule has 112 valence electrons. The third-order valence-electron chi connectivity index (χ3n) is 4.61. The molecule has 1 fully saturated rings. The molecule has 2 rings (SSSR count). The molecule has 0 bridgehead atoms. The highest BCUT2D eigenvalue weighted by molar-refractivity contribution is 6.30. The zero-order valence-electron chi connectivity index (χ0n) is 12.8. The highest BCUT2D eigenvalue weighted by atomic mass is 35.5. The van der Waals surface area contributed by atoms with Gasteiger partial charge in [-0.15, -0.1) is 0 Å². The number of piperidine rings is 1. The predicted octanol–water partition coefficient (Wildman–Crippen LogP) is 4.24. The molecule has 1 aliphatic rings. The third-order valence-corrected chi connectivity index (χ3v) is 4.85. The average Bonchev–Trinajstić information content (AvgIpc) is 2.41. The van der Waals surface area contributed by atoms with E-state index >= 15 is 0 Å². The standard InChI is InChI=1S/C17H27ClN2/c1-4-16(19)17(14-6-5-7-15(18)11-14)20-9-8-12(2)10-13(20)3/h5-7,11-13,16-17H,4,8-10,19H2,1-3H3. The van der Waals surface area contributed by atoms with Gasteiger partial charge < -0.3 is 5.73 Å². The quantitative estimate of drug-likeness (QED) is 0.900. The van der Waals surface area contributed by atoms with Crippen LogP contribution in [0.1, 0.15) is 51.6 Å². The second kappa shape index (κ2) is 6.93. The van der Waals surface area contributed by atoms with Gasteiger partial charge in [-0.2, -0.15) is 0 Å². The minimum Gasteiger partial charge on any atom is -0.326 e. The van der Waals surface area contributed by atoms with Gasteiger partial charge in [0.1, 0.15) is 0 Å². The minimum absolute atomic E-state index is 0.157. The zero-order chi connectivity index (χ0) is 14.7. The van der Waals surface area contributed by atoms with Gasteiger partial charge in [0.05, 0.1) is 6.04 Å². The molecular formula is C17H27ClN2. The smallest absolute Gasteiger partial charge is 0.0502 e. The SMILES string of the molecule is CCC(N)C(c1cccc(Cl)c1)N1CCC(C)CC1C. The van der Waals surface area contributed by atoms with Crippen LogP contribution in [0.3, 0.4) is 0 Å². The van der Waals surface area contributed by atoms with Crippen molar-refractivity contribution in [1.29, 1.82) is 0 Å². The topological polar surface area (TPSA) is 29.3 Å². The monoisotopic (exact) mass is 294 g/mol. The second-order valence-corrected chi connectivity index (χ2v) is 6.72. The molecule has 1 aromatic carbocycles. The van der Waals surface area contributed by atoms with Crippen molar-refractivity contribution in [3.63, 3.8) is 0 Å². The summed E-state index contributed by atoms with van der Waals surface area (Å²) in [5.74, 6) is 0.819. The lowest BCUT2D eigenvalue weighted by molar-refractivity contribution is 0.0672. The molecule has 4 unspecified atom stereocenters. The van der Waals surface area contributed by atoms with Crippen molar-refractivity contribution in [3.05, 3.63) is 34.9 Å². The first-order valence-corrected chi connectivity index (χ1v) is 8.17. The van der Waals surface area contributed by atoms with Crippen molar-refractivity contribution in [1.82, 2.24) is 4.90 Å². The Bertz CT molecular complexity index is 435. The van der Waals surface area contributed by atoms with Gasteiger partial charge in [-0.05, 0) is 56.3 Å². The molecule has 0 aliphatic carbocycles. The van der Waals surface area contributed by atoms with Crippen LogP contribution < -0.4 is 5.73 Å². The molecule has 1 heterocycles. The predicted molar refractivity (Wildman–Crippen MR) is 87.0 cm³/mol. The maximum atomic E-state index is 6.44. The summed E-state index contributed by atoms with van der Waals surface area (Å²) in [7, 11) is 0. The summed E-state index contributed by atoms with van der Waals surface area (Å²) in [6.07, 6.45) is 3.50. The highest BCUT2D eigenvalue weighted by Crippen LogP contribution is 2.34. The molecule has 0 amide bonds. The maximum Gasteiger partial charge on any atom is 0.0502 e. The summed E-state index contributed by atoms with van der Waals surface area (Å²) in [6.45, 7) is 7.98. The van der Waals surface area contributed by atoms with Gasteiger partial charge in [0, 0.05) is 17.1 Å². The maximum absolute atomic E-state index is 6.44. The lowest BCUT2D eigenvalue weighted by atomic mass is 9.88. The first-order chi connectivity index (χ1) is 9.52. The van der Waals surface area contributed by atoms with Gasteiger partial charge >= 0.3 is 0 Å². The first-order valence-electron chi connectivity index (χ1n) is 7.79. The summed E-state index contributed by atoms with van der Waals surface area (Å²) in [6, 6.07) is 9.22. The van der Waals surface area contributed by atoms with Crippen LogP contribution in [-0.4, -0.2) is 23.5 Å². The number of halogens is 1. The Kier molecular flexibility index (Phi) is 5.48. The van der Waals surface area contributed by atoms with Crippen LogP contribution in [-0.2, 0) is 0 Å². The van der Waals surface area contributed by atoms with Crippen LogP contribution in [0.5, 0.6) is 0 Å². The number of benzene rings is 1. The van der Waals surface area contributed by atoms with Gasteiger partial charge in [0.25, 0.3) is 0 Å². The van der Waals surface area contributed by atoms with E-state index in [-0.39, 0.29) is 12.1 Å². The summed E-state index contributed by atoms with van der Waals surface area (Å²) in [5.41, 5.74) is 7.70. The van der Waals surface area contributed by atoms with Gasteiger partial charge in [-0.25, -0.2) is 0 Å². The minimum atomic E-state index is 0.157. The fraction of sp³-hybridized carbons (Fsp3) is 0.647. The lowest BCUT2D eigenvalue weighted by Crippen LogP contribution is -2.48. The molecule has 4 atom stereocenters. The molecule has 2 nitrogen and oxygen atoms in total. The van der Waals surface area contributed by atoms with Crippen LogP contribution in [0.25, 0.3) is 0 Å². The second-order valence-electron chi connectivity index (χ2n) is 6.29. The molecular weight excluding hydrogens is 268 g/mol. The number of nitrogens with two attached hydrogens (primary N) is 1. The molecule has 0 aromatic heterocycles. The van der Waals surface area contributed by atoms with Crippen LogP contribution in [0.15, 0.2) is 24.3 Å². The van der Waals surface area contributed by atoms with Crippen LogP contribution in [0.2, 0.25) is 5.02 Å². The van der Waals surface area contributed by atoms with Gasteiger partial charge in [0.15, 0.2) is 0 Å². The molecule has 0 radical (unpaired) electrons. The lowest BCUT2D eigenvalue weighted by Gasteiger charge is -2.44. The summed E-state index contributed by atoms with van der Waals surface area (Å²) < 4.78 is 0. The Balaban J connectivity index is 2.28. The van der Waals surface area contributed by atoms with Gasteiger partial charge in [-0.3, -0.25) is 4.90 Å². The largest absolute Gasteiger partial charge is 0.326 e. The first kappa shape index (κ1) is 15.8. The molecule has 1 saturated heterocycles. The number of nitrogens with zero attached hydrogens (tertiary/aromatic N) is 1. The molecule has 1 aliphatic heterocycles. The van der Waals surface area contributed by atoms with Crippen LogP contribution >= 0.6 is 11.6 Å². The molecule has 0 saturated carbocycles. The number of rotatable bonds is 4. The Hall–Kier alpha value is -0.570. The van der Waals surface area contributed by atoms with Crippen LogP contribution in [0, 0.1) is 5.92 Å². The number of likely N-dealkylation sites (tertiary alicyclic amines) is 1. The van der Waals surface area contributed by atoms with E-state index in [1.165, 1.54) is 18.4 Å². The summed E-state index contributed by atoms with van der Waals surface area (Å²) in [5, 5.41) is 0.800. The normalized spacial score (nSPS) is 27.2. The zero-order valence-corrected chi connectivity index (χ0v) is 13.6. The van der Waals surface area contributed by atoms with Crippen molar-refractivity contribution in [2.24, 2.45) is 11.7 Å². The third kappa shape index (κ3) is 3.55.